The number of ether oxygens (including phenoxy) is 1. The van der Waals surface area contributed by atoms with E-state index in [0.717, 1.165) is 13.0 Å². The zero-order valence-corrected chi connectivity index (χ0v) is 18.0. The molecule has 2 aromatic rings. The van der Waals surface area contributed by atoms with Crippen LogP contribution in [0, 0.1) is 10.1 Å². The van der Waals surface area contributed by atoms with Crippen LogP contribution in [0.15, 0.2) is 48.5 Å². The van der Waals surface area contributed by atoms with E-state index in [9.17, 15) is 19.7 Å². The highest BCUT2D eigenvalue weighted by molar-refractivity contribution is 6.10. The molecule has 1 N–H and O–H groups in total. The summed E-state index contributed by atoms with van der Waals surface area (Å²) in [5.41, 5.74) is -0.316. The predicted molar refractivity (Wildman–Crippen MR) is 118 cm³/mol. The molecule has 0 bridgehead atoms. The highest BCUT2D eigenvalue weighted by atomic mass is 16.6. The Morgan fingerprint density at radius 1 is 1.13 bits per heavy atom. The number of nitrogens with one attached hydrogen (secondary N) is 1. The average Bonchev–Trinajstić information content (AvgIpc) is 2.73. The molecular formula is C23H27N3O5. The zero-order chi connectivity index (χ0) is 22.6. The fourth-order valence-electron chi connectivity index (χ4n) is 3.58. The maximum atomic E-state index is 13.1. The Bertz CT molecular complexity index is 963. The number of nitro benzene ring substituents is 1. The molecule has 1 aliphatic rings. The molecule has 31 heavy (non-hydrogen) atoms. The maximum absolute atomic E-state index is 13.1. The Hall–Kier alpha value is -3.26. The standard InChI is InChI=1S/C23H27N3O5/c1-23(2,3)31-22(28)25(18-10-7-13-24-15-18)19-12-11-17(14-20(19)26(29)30)21(27)16-8-5-4-6-9-16/h4-6,8-9,11-12,14,18,24H,7,10,13,15H2,1-3H3. The highest BCUT2D eigenvalue weighted by Crippen LogP contribution is 2.34. The van der Waals surface area contributed by atoms with Crippen LogP contribution in [0.4, 0.5) is 16.2 Å². The van der Waals surface area contributed by atoms with Crippen LogP contribution in [0.25, 0.3) is 0 Å². The lowest BCUT2D eigenvalue weighted by molar-refractivity contribution is -0.384. The van der Waals surface area contributed by atoms with E-state index in [1.54, 1.807) is 51.1 Å². The quantitative estimate of drug-likeness (QED) is 0.435. The summed E-state index contributed by atoms with van der Waals surface area (Å²) in [5.74, 6) is -0.321. The first-order chi connectivity index (χ1) is 14.7. The zero-order valence-electron chi connectivity index (χ0n) is 18.0. The third kappa shape index (κ3) is 5.46. The van der Waals surface area contributed by atoms with Crippen LogP contribution in [-0.2, 0) is 4.74 Å². The van der Waals surface area contributed by atoms with Gasteiger partial charge in [-0.1, -0.05) is 30.3 Å². The molecule has 1 fully saturated rings. The molecule has 2 aromatic carbocycles. The number of nitrogens with zero attached hydrogens (tertiary/aromatic N) is 2. The first-order valence-corrected chi connectivity index (χ1v) is 10.3. The predicted octanol–water partition coefficient (Wildman–Crippen LogP) is 4.32. The normalized spacial score (nSPS) is 16.4. The second kappa shape index (κ2) is 9.26. The van der Waals surface area contributed by atoms with Gasteiger partial charge in [-0.15, -0.1) is 0 Å². The average molecular weight is 425 g/mol. The summed E-state index contributed by atoms with van der Waals surface area (Å²) in [6.07, 6.45) is 0.877. The topological polar surface area (TPSA) is 102 Å². The lowest BCUT2D eigenvalue weighted by Crippen LogP contribution is -2.50. The fraction of sp³-hybridized carbons (Fsp3) is 0.391. The minimum atomic E-state index is -0.755. The fourth-order valence-corrected chi connectivity index (χ4v) is 3.58. The molecule has 1 saturated heterocycles. The van der Waals surface area contributed by atoms with Gasteiger partial charge < -0.3 is 10.1 Å². The van der Waals surface area contributed by atoms with Crippen molar-refractivity contribution in [3.63, 3.8) is 0 Å². The summed E-state index contributed by atoms with van der Waals surface area (Å²) in [5, 5.41) is 15.2. The molecule has 1 aliphatic heterocycles. The summed E-state index contributed by atoms with van der Waals surface area (Å²) in [4.78, 5) is 38.6. The molecule has 0 aliphatic carbocycles. The number of ketones is 1. The third-order valence-electron chi connectivity index (χ3n) is 4.96. The summed E-state index contributed by atoms with van der Waals surface area (Å²) < 4.78 is 5.56. The van der Waals surface area contributed by atoms with Crippen molar-refractivity contribution in [3.8, 4) is 0 Å². The summed E-state index contributed by atoms with van der Waals surface area (Å²) in [7, 11) is 0. The van der Waals surface area contributed by atoms with Gasteiger partial charge >= 0.3 is 6.09 Å². The number of hydrogen-bond donors (Lipinski definition) is 1. The lowest BCUT2D eigenvalue weighted by atomic mass is 10.0. The van der Waals surface area contributed by atoms with Gasteiger partial charge in [0.1, 0.15) is 11.3 Å². The third-order valence-corrected chi connectivity index (χ3v) is 4.96. The van der Waals surface area contributed by atoms with Gasteiger partial charge in [0.25, 0.3) is 5.69 Å². The number of benzene rings is 2. The Morgan fingerprint density at radius 2 is 1.84 bits per heavy atom. The van der Waals surface area contributed by atoms with Crippen molar-refractivity contribution < 1.29 is 19.2 Å². The van der Waals surface area contributed by atoms with Gasteiger partial charge in [-0.2, -0.15) is 0 Å². The van der Waals surface area contributed by atoms with E-state index < -0.39 is 16.6 Å². The monoisotopic (exact) mass is 425 g/mol. The maximum Gasteiger partial charge on any atom is 0.415 e. The minimum absolute atomic E-state index is 0.123. The van der Waals surface area contributed by atoms with E-state index in [0.29, 0.717) is 18.5 Å². The molecule has 8 nitrogen and oxygen atoms in total. The summed E-state index contributed by atoms with van der Waals surface area (Å²) in [6, 6.07) is 12.5. The van der Waals surface area contributed by atoms with Gasteiger partial charge in [-0.25, -0.2) is 4.79 Å². The van der Waals surface area contributed by atoms with Gasteiger partial charge in [-0.3, -0.25) is 19.8 Å². The largest absolute Gasteiger partial charge is 0.443 e. The van der Waals surface area contributed by atoms with Gasteiger partial charge in [0.15, 0.2) is 5.78 Å². The molecule has 0 radical (unpaired) electrons. The first-order valence-electron chi connectivity index (χ1n) is 10.3. The van der Waals surface area contributed by atoms with Crippen molar-refractivity contribution in [2.24, 2.45) is 0 Å². The smallest absolute Gasteiger partial charge is 0.415 e. The summed E-state index contributed by atoms with van der Waals surface area (Å²) >= 11 is 0. The van der Waals surface area contributed by atoms with E-state index in [-0.39, 0.29) is 28.8 Å². The molecule has 1 amide bonds. The number of hydrogen-bond acceptors (Lipinski definition) is 6. The van der Waals surface area contributed by atoms with E-state index in [1.165, 1.54) is 23.1 Å². The van der Waals surface area contributed by atoms with Crippen LogP contribution >= 0.6 is 0 Å². The Labute approximate surface area is 181 Å². The Balaban J connectivity index is 2.04. The Morgan fingerprint density at radius 3 is 2.42 bits per heavy atom. The van der Waals surface area contributed by atoms with Crippen LogP contribution in [0.1, 0.15) is 49.5 Å². The van der Waals surface area contributed by atoms with Crippen LogP contribution in [0.3, 0.4) is 0 Å². The van der Waals surface area contributed by atoms with E-state index in [2.05, 4.69) is 5.32 Å². The van der Waals surface area contributed by atoms with Crippen LogP contribution < -0.4 is 10.2 Å². The van der Waals surface area contributed by atoms with Crippen molar-refractivity contribution in [3.05, 3.63) is 69.8 Å². The highest BCUT2D eigenvalue weighted by Gasteiger charge is 2.35. The Kier molecular flexibility index (Phi) is 6.70. The van der Waals surface area contributed by atoms with Crippen molar-refractivity contribution >= 4 is 23.3 Å². The van der Waals surface area contributed by atoms with Crippen molar-refractivity contribution in [2.45, 2.75) is 45.3 Å². The van der Waals surface area contributed by atoms with E-state index in [4.69, 9.17) is 4.74 Å². The molecule has 8 heteroatoms. The number of piperidine rings is 1. The minimum Gasteiger partial charge on any atom is -0.443 e. The van der Waals surface area contributed by atoms with E-state index >= 15 is 0 Å². The lowest BCUT2D eigenvalue weighted by Gasteiger charge is -2.35. The molecule has 0 aromatic heterocycles. The SMILES string of the molecule is CC(C)(C)OC(=O)N(c1ccc(C(=O)c2ccccc2)cc1[N+](=O)[O-])C1CCCNC1. The second-order valence-corrected chi connectivity index (χ2v) is 8.51. The van der Waals surface area contributed by atoms with Crippen molar-refractivity contribution in [1.82, 2.24) is 5.32 Å². The van der Waals surface area contributed by atoms with Gasteiger partial charge in [0, 0.05) is 23.7 Å². The number of carbonyl (C=O) groups excluding carboxylic acids is 2. The second-order valence-electron chi connectivity index (χ2n) is 8.51. The van der Waals surface area contributed by atoms with Crippen LogP contribution in [-0.4, -0.2) is 41.5 Å². The number of rotatable bonds is 5. The van der Waals surface area contributed by atoms with Crippen molar-refractivity contribution in [1.29, 1.82) is 0 Å². The van der Waals surface area contributed by atoms with Gasteiger partial charge in [0.05, 0.1) is 11.0 Å². The molecule has 0 saturated carbocycles. The number of carbonyl (C=O) groups is 2. The molecule has 0 spiro atoms. The van der Waals surface area contributed by atoms with E-state index in [1.807, 2.05) is 0 Å². The molecule has 1 unspecified atom stereocenters. The molecule has 3 rings (SSSR count). The number of anilines is 1. The summed E-state index contributed by atoms with van der Waals surface area (Å²) in [6.45, 7) is 6.57. The molecule has 164 valence electrons. The molecule has 1 heterocycles. The van der Waals surface area contributed by atoms with Gasteiger partial charge in [0.2, 0.25) is 0 Å². The van der Waals surface area contributed by atoms with Crippen LogP contribution in [0.5, 0.6) is 0 Å². The van der Waals surface area contributed by atoms with Crippen molar-refractivity contribution in [2.75, 3.05) is 18.0 Å². The number of amides is 1. The first kappa shape index (κ1) is 22.4. The molecule has 1 atom stereocenters. The number of nitro groups is 1. The molecular weight excluding hydrogens is 398 g/mol. The van der Waals surface area contributed by atoms with Crippen LogP contribution in [0.2, 0.25) is 0 Å². The van der Waals surface area contributed by atoms with Gasteiger partial charge in [-0.05, 0) is 52.3 Å².